The zero-order valence-corrected chi connectivity index (χ0v) is 13.9. The van der Waals surface area contributed by atoms with Gasteiger partial charge in [-0.15, -0.1) is 0 Å². The van der Waals surface area contributed by atoms with Gasteiger partial charge >= 0.3 is 0 Å². The molecule has 3 rings (SSSR count). The van der Waals surface area contributed by atoms with E-state index in [0.29, 0.717) is 12.2 Å². The number of halogens is 1. The van der Waals surface area contributed by atoms with Crippen LogP contribution in [0.1, 0.15) is 17.2 Å². The molecule has 4 N–H and O–H groups in total. The maximum Gasteiger partial charge on any atom is 0.146 e. The van der Waals surface area contributed by atoms with E-state index in [4.69, 9.17) is 11.5 Å². The summed E-state index contributed by atoms with van der Waals surface area (Å²) in [5.41, 5.74) is 14.1. The smallest absolute Gasteiger partial charge is 0.146 e. The normalized spacial score (nSPS) is 17.0. The van der Waals surface area contributed by atoms with Gasteiger partial charge in [0, 0.05) is 45.3 Å². The van der Waals surface area contributed by atoms with Gasteiger partial charge in [0.1, 0.15) is 5.82 Å². The molecule has 2 aromatic rings. The van der Waals surface area contributed by atoms with Gasteiger partial charge in [-0.2, -0.15) is 0 Å². The van der Waals surface area contributed by atoms with E-state index in [-0.39, 0.29) is 11.9 Å². The molecule has 1 fully saturated rings. The van der Waals surface area contributed by atoms with Crippen LogP contribution in [0, 0.1) is 5.82 Å². The molecule has 2 aromatic carbocycles. The first kappa shape index (κ1) is 16.9. The molecule has 0 aliphatic carbocycles. The molecule has 1 unspecified atom stereocenters. The van der Waals surface area contributed by atoms with E-state index in [0.717, 1.165) is 38.3 Å². The monoisotopic (exact) mass is 328 g/mol. The summed E-state index contributed by atoms with van der Waals surface area (Å²) in [5, 5.41) is 0. The van der Waals surface area contributed by atoms with Gasteiger partial charge in [0.05, 0.1) is 5.69 Å². The Kier molecular flexibility index (Phi) is 5.45. The Morgan fingerprint density at radius 2 is 1.71 bits per heavy atom. The number of nitrogens with two attached hydrogens (primary N) is 2. The van der Waals surface area contributed by atoms with Crippen LogP contribution in [0.25, 0.3) is 0 Å². The molecular formula is C19H25FN4. The van der Waals surface area contributed by atoms with Crippen LogP contribution >= 0.6 is 0 Å². The second-order valence-corrected chi connectivity index (χ2v) is 6.30. The molecule has 24 heavy (non-hydrogen) atoms. The molecule has 128 valence electrons. The van der Waals surface area contributed by atoms with Crippen LogP contribution in [0.4, 0.5) is 10.1 Å². The molecule has 1 aliphatic rings. The van der Waals surface area contributed by atoms with Gasteiger partial charge in [-0.25, -0.2) is 4.39 Å². The van der Waals surface area contributed by atoms with E-state index >= 15 is 0 Å². The molecule has 1 aliphatic heterocycles. The van der Waals surface area contributed by atoms with E-state index in [9.17, 15) is 4.39 Å². The quantitative estimate of drug-likeness (QED) is 0.882. The minimum Gasteiger partial charge on any atom is -0.367 e. The molecule has 0 saturated carbocycles. The number of hydrogen-bond acceptors (Lipinski definition) is 4. The molecule has 4 nitrogen and oxygen atoms in total. The summed E-state index contributed by atoms with van der Waals surface area (Å²) in [6.45, 7) is 4.77. The molecule has 0 amide bonds. The summed E-state index contributed by atoms with van der Waals surface area (Å²) in [7, 11) is 0. The fraction of sp³-hybridized carbons (Fsp3) is 0.368. The topological polar surface area (TPSA) is 58.5 Å². The minimum atomic E-state index is -0.309. The zero-order valence-electron chi connectivity index (χ0n) is 13.9. The average molecular weight is 328 g/mol. The first-order chi connectivity index (χ1) is 11.7. The van der Waals surface area contributed by atoms with E-state index in [2.05, 4.69) is 34.1 Å². The van der Waals surface area contributed by atoms with Crippen molar-refractivity contribution >= 4 is 5.69 Å². The predicted molar refractivity (Wildman–Crippen MR) is 96.3 cm³/mol. The van der Waals surface area contributed by atoms with Crippen molar-refractivity contribution in [2.45, 2.75) is 12.6 Å². The highest BCUT2D eigenvalue weighted by Crippen LogP contribution is 2.24. The fourth-order valence-corrected chi connectivity index (χ4v) is 3.13. The number of benzene rings is 2. The maximum absolute atomic E-state index is 14.4. The molecule has 1 atom stereocenters. The summed E-state index contributed by atoms with van der Waals surface area (Å²) in [4.78, 5) is 4.51. The zero-order chi connectivity index (χ0) is 16.9. The van der Waals surface area contributed by atoms with Crippen molar-refractivity contribution in [3.05, 3.63) is 65.5 Å². The third kappa shape index (κ3) is 3.93. The van der Waals surface area contributed by atoms with Crippen LogP contribution in [-0.2, 0) is 6.54 Å². The van der Waals surface area contributed by atoms with Crippen LogP contribution in [0.15, 0.2) is 48.5 Å². The third-order valence-electron chi connectivity index (χ3n) is 4.62. The van der Waals surface area contributed by atoms with Crippen LogP contribution in [0.3, 0.4) is 0 Å². The predicted octanol–water partition coefficient (Wildman–Crippen LogP) is 2.11. The molecular weight excluding hydrogens is 303 g/mol. The lowest BCUT2D eigenvalue weighted by molar-refractivity contribution is 0.249. The van der Waals surface area contributed by atoms with Crippen molar-refractivity contribution in [2.24, 2.45) is 11.5 Å². The number of hydrogen-bond donors (Lipinski definition) is 2. The van der Waals surface area contributed by atoms with Gasteiger partial charge in [0.2, 0.25) is 0 Å². The van der Waals surface area contributed by atoms with Crippen LogP contribution in [0.5, 0.6) is 0 Å². The lowest BCUT2D eigenvalue weighted by Crippen LogP contribution is -2.46. The summed E-state index contributed by atoms with van der Waals surface area (Å²) >= 11 is 0. The minimum absolute atomic E-state index is 0.215. The Morgan fingerprint density at radius 1 is 1.00 bits per heavy atom. The van der Waals surface area contributed by atoms with Crippen molar-refractivity contribution in [3.63, 3.8) is 0 Å². The van der Waals surface area contributed by atoms with Gasteiger partial charge in [-0.05, 0) is 23.3 Å². The highest BCUT2D eigenvalue weighted by molar-refractivity contribution is 5.50. The lowest BCUT2D eigenvalue weighted by Gasteiger charge is -2.36. The first-order valence-electron chi connectivity index (χ1n) is 8.43. The van der Waals surface area contributed by atoms with E-state index < -0.39 is 0 Å². The van der Waals surface area contributed by atoms with Gasteiger partial charge in [0.25, 0.3) is 0 Å². The van der Waals surface area contributed by atoms with Crippen molar-refractivity contribution < 1.29 is 4.39 Å². The van der Waals surface area contributed by atoms with Crippen molar-refractivity contribution in [1.82, 2.24) is 4.90 Å². The summed E-state index contributed by atoms with van der Waals surface area (Å²) in [6, 6.07) is 15.4. The molecule has 0 radical (unpaired) electrons. The van der Waals surface area contributed by atoms with E-state index in [1.807, 2.05) is 18.2 Å². The van der Waals surface area contributed by atoms with Gasteiger partial charge in [0.15, 0.2) is 0 Å². The van der Waals surface area contributed by atoms with E-state index in [1.165, 1.54) is 11.6 Å². The number of rotatable bonds is 5. The number of piperazine rings is 1. The number of anilines is 1. The molecule has 0 bridgehead atoms. The van der Waals surface area contributed by atoms with Gasteiger partial charge in [-0.1, -0.05) is 36.4 Å². The Hall–Kier alpha value is -1.95. The molecule has 1 heterocycles. The highest BCUT2D eigenvalue weighted by Gasteiger charge is 2.20. The average Bonchev–Trinajstić information content (AvgIpc) is 2.62. The van der Waals surface area contributed by atoms with Crippen molar-refractivity contribution in [1.29, 1.82) is 0 Å². The molecule has 0 aromatic heterocycles. The molecule has 0 spiro atoms. The van der Waals surface area contributed by atoms with Gasteiger partial charge < -0.3 is 16.4 Å². The Bertz CT molecular complexity index is 654. The maximum atomic E-state index is 14.4. The highest BCUT2D eigenvalue weighted by atomic mass is 19.1. The molecule has 1 saturated heterocycles. The van der Waals surface area contributed by atoms with Crippen molar-refractivity contribution in [3.8, 4) is 0 Å². The summed E-state index contributed by atoms with van der Waals surface area (Å²) in [5.74, 6) is -0.215. The van der Waals surface area contributed by atoms with Gasteiger partial charge in [-0.3, -0.25) is 4.90 Å². The second kappa shape index (κ2) is 7.75. The van der Waals surface area contributed by atoms with Crippen LogP contribution in [0.2, 0.25) is 0 Å². The lowest BCUT2D eigenvalue weighted by atomic mass is 10.1. The SMILES string of the molecule is NCC(N)c1ccc(N2CCN(Cc3ccccc3)CC2)c(F)c1. The molecule has 5 heteroatoms. The first-order valence-corrected chi connectivity index (χ1v) is 8.43. The standard InChI is InChI=1S/C19H25FN4/c20-17-12-16(18(22)13-21)6-7-19(17)24-10-8-23(9-11-24)14-15-4-2-1-3-5-15/h1-7,12,18H,8-11,13-14,21-22H2. The third-order valence-corrected chi connectivity index (χ3v) is 4.62. The van der Waals surface area contributed by atoms with Crippen LogP contribution < -0.4 is 16.4 Å². The van der Waals surface area contributed by atoms with E-state index in [1.54, 1.807) is 0 Å². The number of nitrogens with zero attached hydrogens (tertiary/aromatic N) is 2. The summed E-state index contributed by atoms with van der Waals surface area (Å²) in [6.07, 6.45) is 0. The Morgan fingerprint density at radius 3 is 2.33 bits per heavy atom. The second-order valence-electron chi connectivity index (χ2n) is 6.30. The fourth-order valence-electron chi connectivity index (χ4n) is 3.13. The Labute approximate surface area is 142 Å². The largest absolute Gasteiger partial charge is 0.367 e. The van der Waals surface area contributed by atoms with Crippen LogP contribution in [-0.4, -0.2) is 37.6 Å². The van der Waals surface area contributed by atoms with Crippen molar-refractivity contribution in [2.75, 3.05) is 37.6 Å². The summed E-state index contributed by atoms with van der Waals surface area (Å²) < 4.78 is 14.4. The Balaban J connectivity index is 1.60.